The zero-order valence-electron chi connectivity index (χ0n) is 11.6. The molecule has 0 unspecified atom stereocenters. The first kappa shape index (κ1) is 16.2. The summed E-state index contributed by atoms with van der Waals surface area (Å²) in [6.07, 6.45) is -1.69. The van der Waals surface area contributed by atoms with Gasteiger partial charge in [0.15, 0.2) is 5.82 Å². The molecule has 0 atom stereocenters. The number of rotatable bonds is 6. The van der Waals surface area contributed by atoms with Gasteiger partial charge in [-0.25, -0.2) is 13.8 Å². The quantitative estimate of drug-likeness (QED) is 0.761. The number of hydrogen-bond acceptors (Lipinski definition) is 4. The molecular formula is C14H13ClF2N2O3. The SMILES string of the molecule is CC(=O)Oc1cnc(C(F)F)n1CCOc1ccc(Cl)cc1. The zero-order valence-corrected chi connectivity index (χ0v) is 12.4. The number of esters is 1. The first-order chi connectivity index (χ1) is 10.5. The number of nitrogens with zero attached hydrogens (tertiary/aromatic N) is 2. The number of aromatic nitrogens is 2. The first-order valence-electron chi connectivity index (χ1n) is 6.37. The fourth-order valence-corrected chi connectivity index (χ4v) is 1.91. The van der Waals surface area contributed by atoms with Crippen LogP contribution in [0.3, 0.4) is 0 Å². The molecule has 0 bridgehead atoms. The molecule has 0 radical (unpaired) electrons. The highest BCUT2D eigenvalue weighted by Gasteiger charge is 2.20. The standard InChI is InChI=1S/C14H13ClF2N2O3/c1-9(20)22-12-8-18-14(13(16)17)19(12)6-7-21-11-4-2-10(15)3-5-11/h2-5,8,13H,6-7H2,1H3. The van der Waals surface area contributed by atoms with Gasteiger partial charge in [-0.3, -0.25) is 9.36 Å². The average molecular weight is 331 g/mol. The number of alkyl halides is 2. The van der Waals surface area contributed by atoms with Crippen molar-refractivity contribution in [1.82, 2.24) is 9.55 Å². The molecule has 22 heavy (non-hydrogen) atoms. The Hall–Kier alpha value is -2.15. The highest BCUT2D eigenvalue weighted by atomic mass is 35.5. The van der Waals surface area contributed by atoms with Gasteiger partial charge < -0.3 is 9.47 Å². The number of hydrogen-bond donors (Lipinski definition) is 0. The van der Waals surface area contributed by atoms with Crippen LogP contribution in [0.25, 0.3) is 0 Å². The number of carbonyl (C=O) groups is 1. The molecule has 1 aromatic carbocycles. The van der Waals surface area contributed by atoms with E-state index >= 15 is 0 Å². The van der Waals surface area contributed by atoms with Crippen LogP contribution in [0.5, 0.6) is 11.6 Å². The molecule has 0 aliphatic rings. The smallest absolute Gasteiger partial charge is 0.309 e. The number of imidazole rings is 1. The minimum atomic E-state index is -2.78. The maximum atomic E-state index is 12.9. The number of carbonyl (C=O) groups excluding carboxylic acids is 1. The topological polar surface area (TPSA) is 53.3 Å². The Bertz CT molecular complexity index is 644. The van der Waals surface area contributed by atoms with E-state index in [-0.39, 0.29) is 19.0 Å². The molecule has 118 valence electrons. The number of benzene rings is 1. The van der Waals surface area contributed by atoms with Gasteiger partial charge in [0, 0.05) is 11.9 Å². The summed E-state index contributed by atoms with van der Waals surface area (Å²) >= 11 is 5.75. The van der Waals surface area contributed by atoms with Crippen molar-refractivity contribution < 1.29 is 23.0 Å². The number of ether oxygens (including phenoxy) is 2. The van der Waals surface area contributed by atoms with Crippen molar-refractivity contribution >= 4 is 17.6 Å². The number of halogens is 3. The fourth-order valence-electron chi connectivity index (χ4n) is 1.79. The molecule has 1 heterocycles. The normalized spacial score (nSPS) is 10.8. The molecule has 2 aromatic rings. The molecule has 0 aliphatic carbocycles. The van der Waals surface area contributed by atoms with E-state index in [0.717, 1.165) is 10.8 Å². The Labute approximate surface area is 130 Å². The van der Waals surface area contributed by atoms with E-state index in [0.29, 0.717) is 10.8 Å². The Morgan fingerprint density at radius 3 is 2.64 bits per heavy atom. The van der Waals surface area contributed by atoms with Crippen LogP contribution in [0.15, 0.2) is 30.5 Å². The molecule has 0 amide bonds. The lowest BCUT2D eigenvalue weighted by Gasteiger charge is -2.12. The van der Waals surface area contributed by atoms with Crippen LogP contribution >= 0.6 is 11.6 Å². The van der Waals surface area contributed by atoms with E-state index in [2.05, 4.69) is 4.98 Å². The van der Waals surface area contributed by atoms with Gasteiger partial charge in [0.25, 0.3) is 6.43 Å². The van der Waals surface area contributed by atoms with Gasteiger partial charge in [0.2, 0.25) is 5.88 Å². The van der Waals surface area contributed by atoms with Crippen molar-refractivity contribution in [3.8, 4) is 11.6 Å². The van der Waals surface area contributed by atoms with Crippen molar-refractivity contribution in [2.75, 3.05) is 6.61 Å². The van der Waals surface area contributed by atoms with Gasteiger partial charge >= 0.3 is 5.97 Å². The van der Waals surface area contributed by atoms with Crippen LogP contribution in [0, 0.1) is 0 Å². The van der Waals surface area contributed by atoms with Crippen LogP contribution in [-0.2, 0) is 11.3 Å². The zero-order chi connectivity index (χ0) is 16.1. The minimum absolute atomic E-state index is 0.0393. The van der Waals surface area contributed by atoms with Gasteiger partial charge in [-0.05, 0) is 24.3 Å². The first-order valence-corrected chi connectivity index (χ1v) is 6.75. The molecule has 2 rings (SSSR count). The molecule has 0 aliphatic heterocycles. The van der Waals surface area contributed by atoms with E-state index < -0.39 is 18.2 Å². The lowest BCUT2D eigenvalue weighted by Crippen LogP contribution is -2.14. The Morgan fingerprint density at radius 2 is 2.05 bits per heavy atom. The van der Waals surface area contributed by atoms with Crippen molar-refractivity contribution in [2.24, 2.45) is 0 Å². The average Bonchev–Trinajstić information content (AvgIpc) is 2.83. The third kappa shape index (κ3) is 4.17. The molecule has 0 fully saturated rings. The molecule has 1 aromatic heterocycles. The minimum Gasteiger partial charge on any atom is -0.492 e. The summed E-state index contributed by atoms with van der Waals surface area (Å²) in [4.78, 5) is 14.5. The van der Waals surface area contributed by atoms with Crippen LogP contribution in [0.4, 0.5) is 8.78 Å². The largest absolute Gasteiger partial charge is 0.492 e. The highest BCUT2D eigenvalue weighted by molar-refractivity contribution is 6.30. The molecule has 0 saturated carbocycles. The second-order valence-electron chi connectivity index (χ2n) is 4.30. The van der Waals surface area contributed by atoms with Gasteiger partial charge in [0.05, 0.1) is 12.7 Å². The van der Waals surface area contributed by atoms with Crippen molar-refractivity contribution in [1.29, 1.82) is 0 Å². The summed E-state index contributed by atoms with van der Waals surface area (Å²) in [6.45, 7) is 1.35. The van der Waals surface area contributed by atoms with Gasteiger partial charge in [-0.2, -0.15) is 0 Å². The predicted octanol–water partition coefficient (Wildman–Crippen LogP) is 3.48. The summed E-state index contributed by atoms with van der Waals surface area (Å²) in [5.41, 5.74) is 0. The van der Waals surface area contributed by atoms with Crippen LogP contribution < -0.4 is 9.47 Å². The van der Waals surface area contributed by atoms with E-state index in [1.165, 1.54) is 6.92 Å². The Kier molecular flexibility index (Phi) is 5.32. The summed E-state index contributed by atoms with van der Waals surface area (Å²) in [6, 6.07) is 6.64. The molecular weight excluding hydrogens is 318 g/mol. The van der Waals surface area contributed by atoms with Crippen LogP contribution in [0.2, 0.25) is 5.02 Å². The van der Waals surface area contributed by atoms with E-state index in [1.807, 2.05) is 0 Å². The molecule has 8 heteroatoms. The molecule has 0 spiro atoms. The van der Waals surface area contributed by atoms with E-state index in [9.17, 15) is 13.6 Å². The lowest BCUT2D eigenvalue weighted by molar-refractivity contribution is -0.132. The molecule has 0 saturated heterocycles. The fraction of sp³-hybridized carbons (Fsp3) is 0.286. The van der Waals surface area contributed by atoms with Gasteiger partial charge in [-0.1, -0.05) is 11.6 Å². The Balaban J connectivity index is 2.05. The van der Waals surface area contributed by atoms with E-state index in [1.54, 1.807) is 24.3 Å². The summed E-state index contributed by atoms with van der Waals surface area (Å²) in [5, 5.41) is 0.569. The molecule has 0 N–H and O–H groups in total. The van der Waals surface area contributed by atoms with Crippen LogP contribution in [-0.4, -0.2) is 22.1 Å². The highest BCUT2D eigenvalue weighted by Crippen LogP contribution is 2.23. The molecule has 5 nitrogen and oxygen atoms in total. The lowest BCUT2D eigenvalue weighted by atomic mass is 10.3. The van der Waals surface area contributed by atoms with Crippen molar-refractivity contribution in [3.63, 3.8) is 0 Å². The summed E-state index contributed by atoms with van der Waals surface area (Å²) < 4.78 is 37.2. The third-order valence-electron chi connectivity index (χ3n) is 2.69. The van der Waals surface area contributed by atoms with Gasteiger partial charge in [0.1, 0.15) is 12.4 Å². The second kappa shape index (κ2) is 7.22. The Morgan fingerprint density at radius 1 is 1.36 bits per heavy atom. The van der Waals surface area contributed by atoms with Crippen LogP contribution in [0.1, 0.15) is 19.2 Å². The third-order valence-corrected chi connectivity index (χ3v) is 2.94. The van der Waals surface area contributed by atoms with Gasteiger partial charge in [-0.15, -0.1) is 0 Å². The van der Waals surface area contributed by atoms with Crippen molar-refractivity contribution in [2.45, 2.75) is 19.9 Å². The van der Waals surface area contributed by atoms with Crippen molar-refractivity contribution in [3.05, 3.63) is 41.3 Å². The maximum absolute atomic E-state index is 12.9. The maximum Gasteiger partial charge on any atom is 0.309 e. The monoisotopic (exact) mass is 330 g/mol. The second-order valence-corrected chi connectivity index (χ2v) is 4.74. The summed E-state index contributed by atoms with van der Waals surface area (Å²) in [5.74, 6) is -0.573. The van der Waals surface area contributed by atoms with E-state index in [4.69, 9.17) is 21.1 Å². The predicted molar refractivity (Wildman–Crippen MR) is 75.4 cm³/mol. The summed E-state index contributed by atoms with van der Waals surface area (Å²) in [7, 11) is 0.